The predicted molar refractivity (Wildman–Crippen MR) is 89.2 cm³/mol. The molecule has 0 aromatic heterocycles. The Kier molecular flexibility index (Phi) is 8.27. The molecule has 1 aliphatic heterocycles. The van der Waals surface area contributed by atoms with E-state index >= 15 is 0 Å². The van der Waals surface area contributed by atoms with E-state index in [0.717, 1.165) is 19.5 Å². The van der Waals surface area contributed by atoms with Crippen LogP contribution in [-0.2, 0) is 4.79 Å². The van der Waals surface area contributed by atoms with Gasteiger partial charge in [0.2, 0.25) is 5.91 Å². The number of amides is 1. The maximum atomic E-state index is 12.3. The highest BCUT2D eigenvalue weighted by molar-refractivity contribution is 5.79. The summed E-state index contributed by atoms with van der Waals surface area (Å²) in [5, 5.41) is 0. The van der Waals surface area contributed by atoms with Gasteiger partial charge in [0.25, 0.3) is 0 Å². The average molecular weight is 297 g/mol. The van der Waals surface area contributed by atoms with Gasteiger partial charge in [0.05, 0.1) is 5.92 Å². The van der Waals surface area contributed by atoms with Gasteiger partial charge in [-0.2, -0.15) is 0 Å². The molecule has 2 atom stereocenters. The predicted octanol–water partition coefficient (Wildman–Crippen LogP) is 2.47. The zero-order valence-electron chi connectivity index (χ0n) is 14.5. The summed E-state index contributed by atoms with van der Waals surface area (Å²) in [5.41, 5.74) is 6.21. The van der Waals surface area contributed by atoms with Gasteiger partial charge >= 0.3 is 0 Å². The van der Waals surface area contributed by atoms with Crippen molar-refractivity contribution in [3.8, 4) is 0 Å². The lowest BCUT2D eigenvalue weighted by Gasteiger charge is -2.41. The van der Waals surface area contributed by atoms with E-state index in [9.17, 15) is 4.79 Å². The van der Waals surface area contributed by atoms with Gasteiger partial charge in [-0.15, -0.1) is 0 Å². The van der Waals surface area contributed by atoms with E-state index in [1.54, 1.807) is 4.90 Å². The van der Waals surface area contributed by atoms with Crippen LogP contribution in [0.2, 0.25) is 0 Å². The molecule has 0 radical (unpaired) electrons. The Morgan fingerprint density at radius 3 is 2.29 bits per heavy atom. The fourth-order valence-corrected chi connectivity index (χ4v) is 3.31. The normalized spacial score (nSPS) is 23.5. The monoisotopic (exact) mass is 297 g/mol. The lowest BCUT2D eigenvalue weighted by Crippen LogP contribution is -2.55. The van der Waals surface area contributed by atoms with E-state index in [1.807, 2.05) is 14.1 Å². The van der Waals surface area contributed by atoms with Crippen molar-refractivity contribution in [1.29, 1.82) is 0 Å². The molecule has 1 rings (SSSR count). The van der Waals surface area contributed by atoms with E-state index in [-0.39, 0.29) is 17.9 Å². The molecule has 21 heavy (non-hydrogen) atoms. The fraction of sp³-hybridized carbons (Fsp3) is 0.941. The third kappa shape index (κ3) is 5.59. The average Bonchev–Trinajstić information content (AvgIpc) is 2.47. The Morgan fingerprint density at radius 2 is 1.81 bits per heavy atom. The lowest BCUT2D eigenvalue weighted by atomic mass is 9.89. The van der Waals surface area contributed by atoms with Crippen LogP contribution >= 0.6 is 0 Å². The third-order valence-electron chi connectivity index (χ3n) is 4.75. The number of hydrogen-bond donors (Lipinski definition) is 1. The van der Waals surface area contributed by atoms with Crippen molar-refractivity contribution in [3.63, 3.8) is 0 Å². The summed E-state index contributed by atoms with van der Waals surface area (Å²) in [5.74, 6) is 0.163. The molecular weight excluding hydrogens is 262 g/mol. The second kappa shape index (κ2) is 9.42. The van der Waals surface area contributed by atoms with Crippen LogP contribution in [0.4, 0.5) is 0 Å². The minimum Gasteiger partial charge on any atom is -0.348 e. The maximum Gasteiger partial charge on any atom is 0.228 e. The second-order valence-electron chi connectivity index (χ2n) is 6.72. The number of carbonyl (C=O) groups excluding carboxylic acids is 1. The Hall–Kier alpha value is -0.610. The number of nitrogens with zero attached hydrogens (tertiary/aromatic N) is 2. The Labute approximate surface area is 131 Å². The number of rotatable bonds is 8. The molecule has 4 heteroatoms. The number of nitrogens with two attached hydrogens (primary N) is 1. The number of carbonyl (C=O) groups is 1. The van der Waals surface area contributed by atoms with Crippen LogP contribution in [0.1, 0.15) is 58.8 Å². The van der Waals surface area contributed by atoms with Gasteiger partial charge < -0.3 is 10.6 Å². The summed E-state index contributed by atoms with van der Waals surface area (Å²) in [6.07, 6.45) is 8.51. The van der Waals surface area contributed by atoms with Gasteiger partial charge in [0, 0.05) is 32.7 Å². The largest absolute Gasteiger partial charge is 0.348 e. The summed E-state index contributed by atoms with van der Waals surface area (Å²) in [6.45, 7) is 6.40. The molecule has 1 saturated heterocycles. The minimum atomic E-state index is -0.0282. The van der Waals surface area contributed by atoms with Gasteiger partial charge in [-0.25, -0.2) is 0 Å². The molecule has 124 valence electrons. The summed E-state index contributed by atoms with van der Waals surface area (Å²) in [7, 11) is 3.67. The standard InChI is InChI=1S/C17H35N3O/c1-5-7-9-14(10-8-6-2)20-12-11-16(18)15(13-20)17(21)19(3)4/h14-16H,5-13,18H2,1-4H3/t15-,16-/m1/s1. The Bertz CT molecular complexity index is 298. The molecule has 2 N–H and O–H groups in total. The van der Waals surface area contributed by atoms with Crippen LogP contribution < -0.4 is 5.73 Å². The van der Waals surface area contributed by atoms with Gasteiger partial charge in [-0.3, -0.25) is 9.69 Å². The molecule has 0 aliphatic carbocycles. The first-order chi connectivity index (χ1) is 10.0. The Morgan fingerprint density at radius 1 is 1.24 bits per heavy atom. The topological polar surface area (TPSA) is 49.6 Å². The minimum absolute atomic E-state index is 0.0224. The first-order valence-corrected chi connectivity index (χ1v) is 8.72. The third-order valence-corrected chi connectivity index (χ3v) is 4.75. The van der Waals surface area contributed by atoms with Crippen LogP contribution in [0.15, 0.2) is 0 Å². The lowest BCUT2D eigenvalue weighted by molar-refractivity contribution is -0.135. The van der Waals surface area contributed by atoms with Crippen molar-refractivity contribution in [1.82, 2.24) is 9.80 Å². The van der Waals surface area contributed by atoms with Crippen molar-refractivity contribution >= 4 is 5.91 Å². The van der Waals surface area contributed by atoms with Crippen LogP contribution in [0.5, 0.6) is 0 Å². The van der Waals surface area contributed by atoms with Crippen molar-refractivity contribution in [2.45, 2.75) is 70.9 Å². The molecule has 0 spiro atoms. The van der Waals surface area contributed by atoms with Crippen LogP contribution in [0.3, 0.4) is 0 Å². The molecule has 1 heterocycles. The van der Waals surface area contributed by atoms with Gasteiger partial charge in [0.15, 0.2) is 0 Å². The maximum absolute atomic E-state index is 12.3. The highest BCUT2D eigenvalue weighted by Gasteiger charge is 2.35. The smallest absolute Gasteiger partial charge is 0.228 e. The van der Waals surface area contributed by atoms with Crippen LogP contribution in [0.25, 0.3) is 0 Å². The number of likely N-dealkylation sites (tertiary alicyclic amines) is 1. The summed E-state index contributed by atoms with van der Waals surface area (Å²) >= 11 is 0. The first-order valence-electron chi connectivity index (χ1n) is 8.72. The van der Waals surface area contributed by atoms with Crippen molar-refractivity contribution in [2.24, 2.45) is 11.7 Å². The molecule has 0 aromatic rings. The molecule has 0 unspecified atom stereocenters. The summed E-state index contributed by atoms with van der Waals surface area (Å²) < 4.78 is 0. The highest BCUT2D eigenvalue weighted by Crippen LogP contribution is 2.24. The van der Waals surface area contributed by atoms with E-state index in [0.29, 0.717) is 6.04 Å². The molecule has 0 aromatic carbocycles. The zero-order chi connectivity index (χ0) is 15.8. The summed E-state index contributed by atoms with van der Waals surface area (Å²) in [4.78, 5) is 16.6. The molecule has 1 aliphatic rings. The van der Waals surface area contributed by atoms with E-state index in [1.165, 1.54) is 38.5 Å². The molecule has 1 amide bonds. The molecule has 0 saturated carbocycles. The highest BCUT2D eigenvalue weighted by atomic mass is 16.2. The van der Waals surface area contributed by atoms with E-state index < -0.39 is 0 Å². The molecule has 1 fully saturated rings. The Balaban J connectivity index is 2.67. The van der Waals surface area contributed by atoms with Gasteiger partial charge in [-0.05, 0) is 25.8 Å². The van der Waals surface area contributed by atoms with Crippen molar-refractivity contribution in [3.05, 3.63) is 0 Å². The second-order valence-corrected chi connectivity index (χ2v) is 6.72. The van der Waals surface area contributed by atoms with Crippen LogP contribution in [0, 0.1) is 5.92 Å². The number of piperidine rings is 1. The quantitative estimate of drug-likeness (QED) is 0.749. The zero-order valence-corrected chi connectivity index (χ0v) is 14.5. The van der Waals surface area contributed by atoms with Crippen molar-refractivity contribution in [2.75, 3.05) is 27.2 Å². The SMILES string of the molecule is CCCCC(CCCC)N1CC[C@@H](N)[C@H](C(=O)N(C)C)C1. The van der Waals surface area contributed by atoms with Gasteiger partial charge in [0.1, 0.15) is 0 Å². The summed E-state index contributed by atoms with van der Waals surface area (Å²) in [6, 6.07) is 0.656. The van der Waals surface area contributed by atoms with Gasteiger partial charge in [-0.1, -0.05) is 39.5 Å². The van der Waals surface area contributed by atoms with E-state index in [4.69, 9.17) is 5.73 Å². The number of hydrogen-bond acceptors (Lipinski definition) is 3. The first kappa shape index (κ1) is 18.4. The molecular formula is C17H35N3O. The number of unbranched alkanes of at least 4 members (excludes halogenated alkanes) is 2. The fourth-order valence-electron chi connectivity index (χ4n) is 3.31. The molecule has 0 bridgehead atoms. The molecule has 4 nitrogen and oxygen atoms in total. The van der Waals surface area contributed by atoms with Crippen molar-refractivity contribution < 1.29 is 4.79 Å². The van der Waals surface area contributed by atoms with Crippen LogP contribution in [-0.4, -0.2) is 55.0 Å². The van der Waals surface area contributed by atoms with E-state index in [2.05, 4.69) is 18.7 Å².